The molecule has 1 amide bonds. The zero-order valence-electron chi connectivity index (χ0n) is 15.4. The molecule has 0 unspecified atom stereocenters. The second-order valence-electron chi connectivity index (χ2n) is 7.38. The van der Waals surface area contributed by atoms with Crippen molar-refractivity contribution in [2.24, 2.45) is 0 Å². The number of fused-ring (bicyclic) bond motifs is 1. The van der Waals surface area contributed by atoms with Gasteiger partial charge in [0.2, 0.25) is 5.91 Å². The second-order valence-corrected chi connectivity index (χ2v) is 7.38. The van der Waals surface area contributed by atoms with Crippen LogP contribution >= 0.6 is 0 Å². The number of nitrogens with zero attached hydrogens (tertiary/aromatic N) is 2. The van der Waals surface area contributed by atoms with E-state index in [1.807, 2.05) is 4.90 Å². The monoisotopic (exact) mass is 349 g/mol. The van der Waals surface area contributed by atoms with Crippen molar-refractivity contribution in [3.63, 3.8) is 0 Å². The van der Waals surface area contributed by atoms with Crippen molar-refractivity contribution in [1.82, 2.24) is 4.90 Å². The number of rotatable bonds is 4. The quantitative estimate of drug-likeness (QED) is 0.915. The predicted octanol–water partition coefficient (Wildman–Crippen LogP) is 3.67. The topological polar surface area (TPSA) is 35.6 Å². The van der Waals surface area contributed by atoms with Gasteiger partial charge < -0.3 is 15.1 Å². The van der Waals surface area contributed by atoms with Gasteiger partial charge in [0, 0.05) is 50.5 Å². The number of anilines is 2. The number of amides is 1. The Kier molecular flexibility index (Phi) is 4.83. The molecule has 26 heavy (non-hydrogen) atoms. The van der Waals surface area contributed by atoms with E-state index >= 15 is 0 Å². The smallest absolute Gasteiger partial charge is 0.219 e. The van der Waals surface area contributed by atoms with Gasteiger partial charge in [-0.15, -0.1) is 0 Å². The number of hydrogen-bond donors (Lipinski definition) is 1. The number of para-hydroxylation sites is 2. The van der Waals surface area contributed by atoms with E-state index in [-0.39, 0.29) is 5.91 Å². The first-order valence-electron chi connectivity index (χ1n) is 9.63. The van der Waals surface area contributed by atoms with Crippen LogP contribution in [0.15, 0.2) is 48.5 Å². The Morgan fingerprint density at radius 3 is 2.58 bits per heavy atom. The Hall–Kier alpha value is -2.49. The summed E-state index contributed by atoms with van der Waals surface area (Å²) in [5.74, 6) is 0.191. The van der Waals surface area contributed by atoms with Crippen molar-refractivity contribution in [3.8, 4) is 0 Å². The molecule has 0 atom stereocenters. The van der Waals surface area contributed by atoms with Gasteiger partial charge in [-0.3, -0.25) is 4.79 Å². The summed E-state index contributed by atoms with van der Waals surface area (Å²) in [7, 11) is 0. The molecular formula is C22H27N3O. The zero-order valence-corrected chi connectivity index (χ0v) is 15.4. The van der Waals surface area contributed by atoms with E-state index in [9.17, 15) is 4.79 Å². The molecule has 4 heteroatoms. The highest BCUT2D eigenvalue weighted by atomic mass is 16.2. The standard InChI is InChI=1S/C22H27N3O/c1-17(26)24-14-11-20(12-15-24)23-21-8-4-2-7-19(21)16-25-13-10-18-6-3-5-9-22(18)25/h2-9,20,23H,10-16H2,1H3. The van der Waals surface area contributed by atoms with Crippen LogP contribution in [0.3, 0.4) is 0 Å². The molecule has 0 bridgehead atoms. The van der Waals surface area contributed by atoms with Crippen LogP contribution in [0.5, 0.6) is 0 Å². The average molecular weight is 349 g/mol. The minimum Gasteiger partial charge on any atom is -0.382 e. The number of benzene rings is 2. The first kappa shape index (κ1) is 17.0. The zero-order chi connectivity index (χ0) is 17.9. The van der Waals surface area contributed by atoms with Gasteiger partial charge in [-0.25, -0.2) is 0 Å². The predicted molar refractivity (Wildman–Crippen MR) is 107 cm³/mol. The Morgan fingerprint density at radius 2 is 1.77 bits per heavy atom. The Bertz CT molecular complexity index is 780. The number of nitrogens with one attached hydrogen (secondary N) is 1. The van der Waals surface area contributed by atoms with Gasteiger partial charge in [-0.2, -0.15) is 0 Å². The van der Waals surface area contributed by atoms with Crippen molar-refractivity contribution in [2.75, 3.05) is 29.9 Å². The van der Waals surface area contributed by atoms with Crippen LogP contribution in [0.1, 0.15) is 30.9 Å². The van der Waals surface area contributed by atoms with Crippen LogP contribution in [-0.4, -0.2) is 36.5 Å². The van der Waals surface area contributed by atoms with Gasteiger partial charge in [0.05, 0.1) is 0 Å². The highest BCUT2D eigenvalue weighted by Gasteiger charge is 2.22. The maximum atomic E-state index is 11.5. The summed E-state index contributed by atoms with van der Waals surface area (Å²) in [6.45, 7) is 5.40. The molecule has 0 spiro atoms. The number of carbonyl (C=O) groups excluding carboxylic acids is 1. The van der Waals surface area contributed by atoms with Crippen molar-refractivity contribution in [3.05, 3.63) is 59.7 Å². The lowest BCUT2D eigenvalue weighted by atomic mass is 10.0. The molecule has 2 aliphatic rings. The van der Waals surface area contributed by atoms with Crippen molar-refractivity contribution >= 4 is 17.3 Å². The molecule has 0 aliphatic carbocycles. The van der Waals surface area contributed by atoms with Gasteiger partial charge in [0.15, 0.2) is 0 Å². The first-order valence-corrected chi connectivity index (χ1v) is 9.63. The Labute approximate surface area is 155 Å². The molecule has 2 aromatic carbocycles. The minimum absolute atomic E-state index is 0.191. The molecule has 1 N–H and O–H groups in total. The van der Waals surface area contributed by atoms with E-state index in [4.69, 9.17) is 0 Å². The van der Waals surface area contributed by atoms with Crippen molar-refractivity contribution in [1.29, 1.82) is 0 Å². The van der Waals surface area contributed by atoms with Crippen molar-refractivity contribution < 1.29 is 4.79 Å². The maximum Gasteiger partial charge on any atom is 0.219 e. The summed E-state index contributed by atoms with van der Waals surface area (Å²) >= 11 is 0. The van der Waals surface area contributed by atoms with Crippen molar-refractivity contribution in [2.45, 2.75) is 38.8 Å². The minimum atomic E-state index is 0.191. The lowest BCUT2D eigenvalue weighted by molar-refractivity contribution is -0.129. The molecule has 2 aliphatic heterocycles. The van der Waals surface area contributed by atoms with E-state index in [0.717, 1.165) is 45.4 Å². The average Bonchev–Trinajstić information content (AvgIpc) is 3.07. The van der Waals surface area contributed by atoms with Crippen LogP contribution in [-0.2, 0) is 17.8 Å². The number of carbonyl (C=O) groups is 1. The van der Waals surface area contributed by atoms with Crippen LogP contribution in [0.2, 0.25) is 0 Å². The summed E-state index contributed by atoms with van der Waals surface area (Å²) in [5, 5.41) is 3.74. The molecule has 1 fully saturated rings. The van der Waals surface area contributed by atoms with Crippen LogP contribution < -0.4 is 10.2 Å². The first-order chi connectivity index (χ1) is 12.7. The van der Waals surface area contributed by atoms with Gasteiger partial charge in [0.25, 0.3) is 0 Å². The number of piperidine rings is 1. The number of hydrogen-bond acceptors (Lipinski definition) is 3. The maximum absolute atomic E-state index is 11.5. The molecule has 0 saturated carbocycles. The molecule has 1 saturated heterocycles. The van der Waals surface area contributed by atoms with Crippen LogP contribution in [0.4, 0.5) is 11.4 Å². The fourth-order valence-corrected chi connectivity index (χ4v) is 4.13. The Balaban J connectivity index is 1.44. The molecule has 4 nitrogen and oxygen atoms in total. The summed E-state index contributed by atoms with van der Waals surface area (Å²) in [6.07, 6.45) is 3.16. The van der Waals surface area contributed by atoms with E-state index in [0.29, 0.717) is 6.04 Å². The molecule has 2 aromatic rings. The third kappa shape index (κ3) is 3.55. The fourth-order valence-electron chi connectivity index (χ4n) is 4.13. The van der Waals surface area contributed by atoms with Crippen LogP contribution in [0, 0.1) is 0 Å². The van der Waals surface area contributed by atoms with E-state index in [1.165, 1.54) is 22.5 Å². The molecule has 2 heterocycles. The van der Waals surface area contributed by atoms with E-state index in [1.54, 1.807) is 6.92 Å². The van der Waals surface area contributed by atoms with Gasteiger partial charge in [-0.1, -0.05) is 36.4 Å². The number of likely N-dealkylation sites (tertiary alicyclic amines) is 1. The van der Waals surface area contributed by atoms with E-state index in [2.05, 4.69) is 58.7 Å². The molecule has 136 valence electrons. The SMILES string of the molecule is CC(=O)N1CCC(Nc2ccccc2CN2CCc3ccccc32)CC1. The van der Waals surface area contributed by atoms with Gasteiger partial charge in [-0.05, 0) is 42.5 Å². The molecule has 0 aromatic heterocycles. The lowest BCUT2D eigenvalue weighted by Crippen LogP contribution is -2.41. The van der Waals surface area contributed by atoms with Crippen LogP contribution in [0.25, 0.3) is 0 Å². The molecule has 4 rings (SSSR count). The molecule has 0 radical (unpaired) electrons. The van der Waals surface area contributed by atoms with Gasteiger partial charge in [0.1, 0.15) is 0 Å². The lowest BCUT2D eigenvalue weighted by Gasteiger charge is -2.33. The molecular weight excluding hydrogens is 322 g/mol. The third-order valence-corrected chi connectivity index (χ3v) is 5.66. The van der Waals surface area contributed by atoms with E-state index < -0.39 is 0 Å². The summed E-state index contributed by atoms with van der Waals surface area (Å²) in [6, 6.07) is 17.8. The summed E-state index contributed by atoms with van der Waals surface area (Å²) < 4.78 is 0. The third-order valence-electron chi connectivity index (χ3n) is 5.66. The highest BCUT2D eigenvalue weighted by molar-refractivity contribution is 5.73. The van der Waals surface area contributed by atoms with Gasteiger partial charge >= 0.3 is 0 Å². The second kappa shape index (κ2) is 7.40. The summed E-state index contributed by atoms with van der Waals surface area (Å²) in [5.41, 5.74) is 5.41. The fraction of sp³-hybridized carbons (Fsp3) is 0.409. The largest absolute Gasteiger partial charge is 0.382 e. The Morgan fingerprint density at radius 1 is 1.04 bits per heavy atom. The summed E-state index contributed by atoms with van der Waals surface area (Å²) in [4.78, 5) is 15.9. The highest BCUT2D eigenvalue weighted by Crippen LogP contribution is 2.30. The normalized spacial score (nSPS) is 17.3.